The first-order chi connectivity index (χ1) is 8.31. The number of nitrogens with zero attached hydrogens (tertiary/aromatic N) is 3. The van der Waals surface area contributed by atoms with E-state index in [0.717, 1.165) is 35.9 Å². The summed E-state index contributed by atoms with van der Waals surface area (Å²) >= 11 is 1.75. The fraction of sp³-hybridized carbons (Fsp3) is 0.417. The Morgan fingerprint density at radius 1 is 1.18 bits per heavy atom. The molecule has 0 aliphatic heterocycles. The smallest absolute Gasteiger partial charge is 0.129 e. The predicted octanol–water partition coefficient (Wildman–Crippen LogP) is 2.67. The molecule has 2 aromatic heterocycles. The molecule has 0 bridgehead atoms. The van der Waals surface area contributed by atoms with Crippen LogP contribution in [0.1, 0.15) is 29.4 Å². The van der Waals surface area contributed by atoms with E-state index in [0.29, 0.717) is 0 Å². The van der Waals surface area contributed by atoms with E-state index in [1.807, 2.05) is 12.3 Å². The second kappa shape index (κ2) is 5.72. The van der Waals surface area contributed by atoms with Gasteiger partial charge >= 0.3 is 0 Å². The number of hydrogen-bond donors (Lipinski definition) is 1. The summed E-state index contributed by atoms with van der Waals surface area (Å²) in [6.45, 7) is 4.95. The zero-order chi connectivity index (χ0) is 12.1. The molecule has 2 aromatic rings. The van der Waals surface area contributed by atoms with Crippen LogP contribution in [0, 0.1) is 0 Å². The highest BCUT2D eigenvalue weighted by Gasteiger charge is 2.01. The van der Waals surface area contributed by atoms with Crippen LogP contribution < -0.4 is 5.32 Å². The normalized spacial score (nSPS) is 10.5. The molecule has 0 unspecified atom stereocenters. The summed E-state index contributed by atoms with van der Waals surface area (Å²) in [4.78, 5) is 14.0. The minimum absolute atomic E-state index is 0.727. The van der Waals surface area contributed by atoms with Crippen LogP contribution in [-0.4, -0.2) is 15.0 Å². The van der Waals surface area contributed by atoms with Crippen molar-refractivity contribution in [3.63, 3.8) is 0 Å². The molecular weight excluding hydrogens is 232 g/mol. The van der Waals surface area contributed by atoms with Gasteiger partial charge in [-0.1, -0.05) is 13.8 Å². The Labute approximate surface area is 105 Å². The molecule has 0 radical (unpaired) electrons. The van der Waals surface area contributed by atoms with Crippen molar-refractivity contribution >= 4 is 17.2 Å². The summed E-state index contributed by atoms with van der Waals surface area (Å²) < 4.78 is 0. The molecule has 0 saturated carbocycles. The molecule has 0 spiro atoms. The first kappa shape index (κ1) is 12.0. The summed E-state index contributed by atoms with van der Waals surface area (Å²) in [6, 6.07) is 1.98. The van der Waals surface area contributed by atoms with Crippen molar-refractivity contribution in [2.24, 2.45) is 0 Å². The van der Waals surface area contributed by atoms with Gasteiger partial charge in [0.2, 0.25) is 0 Å². The van der Waals surface area contributed by atoms with E-state index in [2.05, 4.69) is 34.1 Å². The SMILES string of the molecule is CCc1cc(NCc2ncc(CC)s2)ncn1. The Balaban J connectivity index is 1.96. The summed E-state index contributed by atoms with van der Waals surface area (Å²) in [5.41, 5.74) is 1.05. The number of nitrogens with one attached hydrogen (secondary N) is 1. The van der Waals surface area contributed by atoms with Gasteiger partial charge in [0.25, 0.3) is 0 Å². The van der Waals surface area contributed by atoms with Gasteiger partial charge < -0.3 is 5.32 Å². The highest BCUT2D eigenvalue weighted by molar-refractivity contribution is 7.11. The molecule has 4 nitrogen and oxygen atoms in total. The molecule has 2 heterocycles. The highest BCUT2D eigenvalue weighted by Crippen LogP contribution is 2.14. The molecule has 0 aliphatic rings. The minimum Gasteiger partial charge on any atom is -0.363 e. The molecule has 17 heavy (non-hydrogen) atoms. The van der Waals surface area contributed by atoms with E-state index in [1.54, 1.807) is 17.7 Å². The molecule has 0 atom stereocenters. The Morgan fingerprint density at radius 2 is 2.06 bits per heavy atom. The summed E-state index contributed by atoms with van der Waals surface area (Å²) in [5.74, 6) is 0.866. The zero-order valence-electron chi connectivity index (χ0n) is 10.1. The fourth-order valence-electron chi connectivity index (χ4n) is 1.45. The maximum absolute atomic E-state index is 4.36. The topological polar surface area (TPSA) is 50.7 Å². The Bertz CT molecular complexity index is 481. The Hall–Kier alpha value is -1.49. The van der Waals surface area contributed by atoms with E-state index >= 15 is 0 Å². The van der Waals surface area contributed by atoms with Crippen LogP contribution in [0.3, 0.4) is 0 Å². The van der Waals surface area contributed by atoms with E-state index < -0.39 is 0 Å². The van der Waals surface area contributed by atoms with Crippen LogP contribution in [0.5, 0.6) is 0 Å². The molecule has 2 rings (SSSR count). The first-order valence-corrected chi connectivity index (χ1v) is 6.61. The summed E-state index contributed by atoms with van der Waals surface area (Å²) in [6.07, 6.45) is 5.51. The van der Waals surface area contributed by atoms with Gasteiger partial charge in [0.1, 0.15) is 17.2 Å². The second-order valence-electron chi connectivity index (χ2n) is 3.68. The lowest BCUT2D eigenvalue weighted by Gasteiger charge is -2.03. The Morgan fingerprint density at radius 3 is 2.76 bits per heavy atom. The molecule has 0 saturated heterocycles. The van der Waals surface area contributed by atoms with Crippen molar-refractivity contribution in [2.75, 3.05) is 5.32 Å². The molecule has 5 heteroatoms. The lowest BCUT2D eigenvalue weighted by molar-refractivity contribution is 0.983. The number of aromatic nitrogens is 3. The lowest BCUT2D eigenvalue weighted by Crippen LogP contribution is -2.02. The first-order valence-electron chi connectivity index (χ1n) is 5.80. The largest absolute Gasteiger partial charge is 0.363 e. The van der Waals surface area contributed by atoms with Crippen LogP contribution >= 0.6 is 11.3 Å². The van der Waals surface area contributed by atoms with Gasteiger partial charge in [0, 0.05) is 22.8 Å². The van der Waals surface area contributed by atoms with Crippen molar-refractivity contribution in [3.05, 3.63) is 34.2 Å². The van der Waals surface area contributed by atoms with Crippen molar-refractivity contribution in [2.45, 2.75) is 33.2 Å². The van der Waals surface area contributed by atoms with Gasteiger partial charge in [-0.2, -0.15) is 0 Å². The molecule has 0 aliphatic carbocycles. The van der Waals surface area contributed by atoms with E-state index in [1.165, 1.54) is 4.88 Å². The third-order valence-corrected chi connectivity index (χ3v) is 3.60. The van der Waals surface area contributed by atoms with Crippen LogP contribution in [-0.2, 0) is 19.4 Å². The van der Waals surface area contributed by atoms with Crippen molar-refractivity contribution in [1.82, 2.24) is 15.0 Å². The number of hydrogen-bond acceptors (Lipinski definition) is 5. The zero-order valence-corrected chi connectivity index (χ0v) is 10.9. The number of thiazole rings is 1. The highest BCUT2D eigenvalue weighted by atomic mass is 32.1. The summed E-state index contributed by atoms with van der Waals surface area (Å²) in [5, 5.41) is 4.37. The van der Waals surface area contributed by atoms with Gasteiger partial charge in [-0.3, -0.25) is 0 Å². The predicted molar refractivity (Wildman–Crippen MR) is 70.2 cm³/mol. The average molecular weight is 248 g/mol. The minimum atomic E-state index is 0.727. The van der Waals surface area contributed by atoms with Crippen LogP contribution in [0.15, 0.2) is 18.6 Å². The van der Waals surface area contributed by atoms with Gasteiger partial charge in [0.15, 0.2) is 0 Å². The third-order valence-electron chi connectivity index (χ3n) is 2.46. The summed E-state index contributed by atoms with van der Waals surface area (Å²) in [7, 11) is 0. The van der Waals surface area contributed by atoms with Gasteiger partial charge in [0.05, 0.1) is 6.54 Å². The Kier molecular flexibility index (Phi) is 4.03. The second-order valence-corrected chi connectivity index (χ2v) is 4.88. The molecule has 90 valence electrons. The number of aryl methyl sites for hydroxylation is 2. The number of rotatable bonds is 5. The molecule has 0 amide bonds. The standard InChI is InChI=1S/C12H16N4S/c1-3-9-5-11(16-8-15-9)13-7-12-14-6-10(4-2)17-12/h5-6,8H,3-4,7H2,1-2H3,(H,13,15,16). The third kappa shape index (κ3) is 3.23. The quantitative estimate of drug-likeness (QED) is 0.884. The van der Waals surface area contributed by atoms with Crippen molar-refractivity contribution in [1.29, 1.82) is 0 Å². The monoisotopic (exact) mass is 248 g/mol. The van der Waals surface area contributed by atoms with Gasteiger partial charge in [-0.25, -0.2) is 15.0 Å². The van der Waals surface area contributed by atoms with E-state index in [9.17, 15) is 0 Å². The maximum Gasteiger partial charge on any atom is 0.129 e. The van der Waals surface area contributed by atoms with E-state index in [-0.39, 0.29) is 0 Å². The van der Waals surface area contributed by atoms with Crippen LogP contribution in [0.4, 0.5) is 5.82 Å². The lowest BCUT2D eigenvalue weighted by atomic mass is 10.3. The van der Waals surface area contributed by atoms with Crippen molar-refractivity contribution < 1.29 is 0 Å². The molecular formula is C12H16N4S. The average Bonchev–Trinajstić information content (AvgIpc) is 2.84. The van der Waals surface area contributed by atoms with Crippen molar-refractivity contribution in [3.8, 4) is 0 Å². The number of anilines is 1. The molecule has 0 fully saturated rings. The van der Waals surface area contributed by atoms with Crippen LogP contribution in [0.25, 0.3) is 0 Å². The van der Waals surface area contributed by atoms with Gasteiger partial charge in [-0.15, -0.1) is 11.3 Å². The molecule has 0 aromatic carbocycles. The molecule has 1 N–H and O–H groups in total. The fourth-order valence-corrected chi connectivity index (χ4v) is 2.25. The van der Waals surface area contributed by atoms with Gasteiger partial charge in [-0.05, 0) is 12.8 Å². The van der Waals surface area contributed by atoms with Crippen LogP contribution in [0.2, 0.25) is 0 Å². The maximum atomic E-state index is 4.36. The van der Waals surface area contributed by atoms with E-state index in [4.69, 9.17) is 0 Å².